The van der Waals surface area contributed by atoms with Crippen molar-refractivity contribution >= 4 is 21.8 Å². The zero-order valence-corrected chi connectivity index (χ0v) is 15.6. The van der Waals surface area contributed by atoms with E-state index in [1.807, 2.05) is 19.3 Å². The summed E-state index contributed by atoms with van der Waals surface area (Å²) in [4.78, 5) is 11.4. The van der Waals surface area contributed by atoms with Crippen LogP contribution in [0.5, 0.6) is 0 Å². The Morgan fingerprint density at radius 1 is 1.27 bits per heavy atom. The molecule has 2 aromatic rings. The molecule has 0 unspecified atom stereocenters. The molecule has 8 nitrogen and oxygen atoms in total. The first-order valence-electron chi connectivity index (χ1n) is 8.35. The number of ether oxygens (including phenoxy) is 1. The molecular weight excluding hydrogens is 356 g/mol. The van der Waals surface area contributed by atoms with Crippen LogP contribution < -0.4 is 5.32 Å². The van der Waals surface area contributed by atoms with Gasteiger partial charge in [0.2, 0.25) is 10.0 Å². The minimum Gasteiger partial charge on any atom is -0.453 e. The number of methoxy groups -OCH3 is 1. The Balaban J connectivity index is 1.75. The number of nitrogens with zero attached hydrogens (tertiary/aromatic N) is 3. The fraction of sp³-hybridized carbons (Fsp3) is 0.412. The molecule has 1 aliphatic heterocycles. The summed E-state index contributed by atoms with van der Waals surface area (Å²) >= 11 is 0. The van der Waals surface area contributed by atoms with Gasteiger partial charge in [0.1, 0.15) is 0 Å². The third kappa shape index (κ3) is 3.88. The molecular formula is C17H22N4O4S. The Labute approximate surface area is 152 Å². The normalized spacial score (nSPS) is 18.5. The van der Waals surface area contributed by atoms with Crippen LogP contribution in [0.3, 0.4) is 0 Å². The second-order valence-electron chi connectivity index (χ2n) is 6.26. The van der Waals surface area contributed by atoms with E-state index >= 15 is 0 Å². The monoisotopic (exact) mass is 378 g/mol. The number of carbonyl (C=O) groups is 1. The predicted molar refractivity (Wildman–Crippen MR) is 96.4 cm³/mol. The highest BCUT2D eigenvalue weighted by Crippen LogP contribution is 2.29. The van der Waals surface area contributed by atoms with Gasteiger partial charge in [0, 0.05) is 37.9 Å². The van der Waals surface area contributed by atoms with Gasteiger partial charge in [-0.05, 0) is 43.2 Å². The van der Waals surface area contributed by atoms with Crippen molar-refractivity contribution in [1.82, 2.24) is 14.1 Å². The predicted octanol–water partition coefficient (Wildman–Crippen LogP) is 2.17. The van der Waals surface area contributed by atoms with Gasteiger partial charge in [0.15, 0.2) is 0 Å². The quantitative estimate of drug-likeness (QED) is 0.880. The number of hydrogen-bond acceptors (Lipinski definition) is 5. The second kappa shape index (κ2) is 7.46. The van der Waals surface area contributed by atoms with Crippen molar-refractivity contribution in [2.75, 3.05) is 25.5 Å². The first-order valence-corrected chi connectivity index (χ1v) is 9.79. The number of amides is 1. The highest BCUT2D eigenvalue weighted by atomic mass is 32.2. The minimum absolute atomic E-state index is 0.0972. The number of benzene rings is 1. The zero-order valence-electron chi connectivity index (χ0n) is 14.8. The van der Waals surface area contributed by atoms with E-state index in [0.29, 0.717) is 18.8 Å². The highest BCUT2D eigenvalue weighted by molar-refractivity contribution is 7.89. The van der Waals surface area contributed by atoms with E-state index in [0.717, 1.165) is 18.5 Å². The smallest absolute Gasteiger partial charge is 0.411 e. The van der Waals surface area contributed by atoms with E-state index in [-0.39, 0.29) is 10.8 Å². The third-order valence-corrected chi connectivity index (χ3v) is 6.34. The summed E-state index contributed by atoms with van der Waals surface area (Å²) in [7, 11) is -0.474. The molecule has 2 heterocycles. The first-order chi connectivity index (χ1) is 12.4. The fourth-order valence-corrected chi connectivity index (χ4v) is 4.60. The number of piperidine rings is 1. The average molecular weight is 378 g/mol. The SMILES string of the molecule is COC(=O)Nc1ccc(S(=O)(=O)N2CCC[C@H](c3ccn(C)n3)C2)cc1. The molecule has 140 valence electrons. The molecule has 1 amide bonds. The lowest BCUT2D eigenvalue weighted by molar-refractivity contribution is 0.187. The lowest BCUT2D eigenvalue weighted by atomic mass is 9.96. The molecule has 1 saturated heterocycles. The lowest BCUT2D eigenvalue weighted by Crippen LogP contribution is -2.39. The Hall–Kier alpha value is -2.39. The molecule has 1 aliphatic rings. The molecule has 3 rings (SSSR count). The van der Waals surface area contributed by atoms with Crippen LogP contribution >= 0.6 is 0 Å². The summed E-state index contributed by atoms with van der Waals surface area (Å²) in [6.07, 6.45) is 2.98. The first kappa shape index (κ1) is 18.4. The van der Waals surface area contributed by atoms with Gasteiger partial charge >= 0.3 is 6.09 Å². The molecule has 1 atom stereocenters. The number of anilines is 1. The summed E-state index contributed by atoms with van der Waals surface area (Å²) < 4.78 is 33.7. The summed E-state index contributed by atoms with van der Waals surface area (Å²) in [5.74, 6) is 0.0972. The fourth-order valence-electron chi connectivity index (χ4n) is 3.08. The molecule has 1 aromatic heterocycles. The second-order valence-corrected chi connectivity index (χ2v) is 8.20. The third-order valence-electron chi connectivity index (χ3n) is 4.46. The Morgan fingerprint density at radius 3 is 2.62 bits per heavy atom. The molecule has 0 aliphatic carbocycles. The zero-order chi connectivity index (χ0) is 18.7. The molecule has 26 heavy (non-hydrogen) atoms. The molecule has 0 saturated carbocycles. The van der Waals surface area contributed by atoms with Crippen LogP contribution in [0.4, 0.5) is 10.5 Å². The van der Waals surface area contributed by atoms with Gasteiger partial charge in [-0.1, -0.05) is 0 Å². The molecule has 0 bridgehead atoms. The summed E-state index contributed by atoms with van der Waals surface area (Å²) in [5.41, 5.74) is 1.39. The number of aryl methyl sites for hydroxylation is 1. The maximum absolute atomic E-state index is 12.9. The van der Waals surface area contributed by atoms with Gasteiger partial charge in [-0.15, -0.1) is 0 Å². The van der Waals surface area contributed by atoms with Crippen LogP contribution in [0, 0.1) is 0 Å². The number of rotatable bonds is 4. The van der Waals surface area contributed by atoms with Crippen LogP contribution in [-0.2, 0) is 21.8 Å². The van der Waals surface area contributed by atoms with E-state index in [1.165, 1.54) is 23.5 Å². The van der Waals surface area contributed by atoms with E-state index in [2.05, 4.69) is 15.2 Å². The Morgan fingerprint density at radius 2 is 2.00 bits per heavy atom. The number of hydrogen-bond donors (Lipinski definition) is 1. The number of aromatic nitrogens is 2. The molecule has 1 aromatic carbocycles. The number of nitrogens with one attached hydrogen (secondary N) is 1. The van der Waals surface area contributed by atoms with Crippen molar-refractivity contribution in [3.63, 3.8) is 0 Å². The van der Waals surface area contributed by atoms with Crippen molar-refractivity contribution in [3.05, 3.63) is 42.2 Å². The van der Waals surface area contributed by atoms with Crippen LogP contribution in [-0.4, -0.2) is 48.8 Å². The summed E-state index contributed by atoms with van der Waals surface area (Å²) in [6.45, 7) is 0.912. The minimum atomic E-state index is -3.59. The highest BCUT2D eigenvalue weighted by Gasteiger charge is 2.31. The van der Waals surface area contributed by atoms with Crippen LogP contribution in [0.15, 0.2) is 41.4 Å². The van der Waals surface area contributed by atoms with E-state index < -0.39 is 16.1 Å². The van der Waals surface area contributed by atoms with E-state index in [4.69, 9.17) is 0 Å². The van der Waals surface area contributed by atoms with Crippen molar-refractivity contribution in [2.24, 2.45) is 7.05 Å². The summed E-state index contributed by atoms with van der Waals surface area (Å²) in [5, 5.41) is 6.91. The number of carbonyl (C=O) groups excluding carboxylic acids is 1. The van der Waals surface area contributed by atoms with Crippen LogP contribution in [0.25, 0.3) is 0 Å². The lowest BCUT2D eigenvalue weighted by Gasteiger charge is -2.31. The number of sulfonamides is 1. The molecule has 1 N–H and O–H groups in total. The largest absolute Gasteiger partial charge is 0.453 e. The molecule has 9 heteroatoms. The maximum Gasteiger partial charge on any atom is 0.411 e. The van der Waals surface area contributed by atoms with Gasteiger partial charge in [0.25, 0.3) is 0 Å². The van der Waals surface area contributed by atoms with Gasteiger partial charge in [0.05, 0.1) is 17.7 Å². The van der Waals surface area contributed by atoms with Crippen molar-refractivity contribution < 1.29 is 17.9 Å². The van der Waals surface area contributed by atoms with Crippen LogP contribution in [0.2, 0.25) is 0 Å². The standard InChI is InChI=1S/C17H22N4O4S/c1-20-11-9-16(19-20)13-4-3-10-21(12-13)26(23,24)15-7-5-14(6-8-15)18-17(22)25-2/h5-9,11,13H,3-4,10,12H2,1-2H3,(H,18,22)/t13-/m0/s1. The van der Waals surface area contributed by atoms with Gasteiger partial charge in [-0.25, -0.2) is 13.2 Å². The van der Waals surface area contributed by atoms with Gasteiger partial charge in [-0.2, -0.15) is 9.40 Å². The van der Waals surface area contributed by atoms with Crippen molar-refractivity contribution in [1.29, 1.82) is 0 Å². The molecule has 0 spiro atoms. The van der Waals surface area contributed by atoms with Crippen LogP contribution in [0.1, 0.15) is 24.5 Å². The van der Waals surface area contributed by atoms with Crippen molar-refractivity contribution in [3.8, 4) is 0 Å². The Kier molecular flexibility index (Phi) is 5.28. The molecule has 1 fully saturated rings. The van der Waals surface area contributed by atoms with E-state index in [1.54, 1.807) is 16.8 Å². The Bertz CT molecular complexity index is 876. The van der Waals surface area contributed by atoms with Gasteiger partial charge < -0.3 is 4.74 Å². The van der Waals surface area contributed by atoms with Gasteiger partial charge in [-0.3, -0.25) is 10.00 Å². The topological polar surface area (TPSA) is 93.5 Å². The average Bonchev–Trinajstić information content (AvgIpc) is 3.08. The molecule has 0 radical (unpaired) electrons. The summed E-state index contributed by atoms with van der Waals surface area (Å²) in [6, 6.07) is 8.01. The van der Waals surface area contributed by atoms with Crippen molar-refractivity contribution in [2.45, 2.75) is 23.7 Å². The van der Waals surface area contributed by atoms with E-state index in [9.17, 15) is 13.2 Å². The maximum atomic E-state index is 12.9.